The zero-order valence-electron chi connectivity index (χ0n) is 18.7. The summed E-state index contributed by atoms with van der Waals surface area (Å²) in [4.78, 5) is 16.4. The molecule has 0 aliphatic rings. The highest BCUT2D eigenvalue weighted by molar-refractivity contribution is 7.82. The zero-order chi connectivity index (χ0) is 25.8. The fourth-order valence-corrected chi connectivity index (χ4v) is 3.65. The lowest BCUT2D eigenvalue weighted by atomic mass is 9.98. The number of amides is 1. The molecule has 186 valence electrons. The van der Waals surface area contributed by atoms with Gasteiger partial charge in [0.2, 0.25) is 5.91 Å². The van der Waals surface area contributed by atoms with Crippen LogP contribution in [0.25, 0.3) is 11.3 Å². The van der Waals surface area contributed by atoms with Crippen molar-refractivity contribution in [1.82, 2.24) is 15.0 Å². The third kappa shape index (κ3) is 6.92. The van der Waals surface area contributed by atoms with Crippen molar-refractivity contribution in [3.63, 3.8) is 0 Å². The molecule has 2 unspecified atom stereocenters. The summed E-state index contributed by atoms with van der Waals surface area (Å²) in [6.45, 7) is 1.48. The van der Waals surface area contributed by atoms with Crippen LogP contribution in [0.3, 0.4) is 0 Å². The Morgan fingerprint density at radius 1 is 1.00 bits per heavy atom. The van der Waals surface area contributed by atoms with Crippen molar-refractivity contribution in [2.24, 2.45) is 0 Å². The molecule has 0 aliphatic carbocycles. The molecule has 2 N–H and O–H groups in total. The van der Waals surface area contributed by atoms with Crippen LogP contribution in [0, 0.1) is 11.6 Å². The van der Waals surface area contributed by atoms with Crippen molar-refractivity contribution >= 4 is 16.9 Å². The largest absolute Gasteiger partial charge is 0.433 e. The fraction of sp³-hybridized carbons (Fsp3) is 0.250. The number of hydrogen-bond donors (Lipinski definition) is 2. The van der Waals surface area contributed by atoms with Gasteiger partial charge in [0.05, 0.1) is 22.6 Å². The maximum Gasteiger partial charge on any atom is 0.433 e. The lowest BCUT2D eigenvalue weighted by molar-refractivity contribution is -0.141. The highest BCUT2D eigenvalue weighted by Gasteiger charge is 2.33. The normalized spacial score (nSPS) is 13.3. The minimum absolute atomic E-state index is 0.0380. The Labute approximate surface area is 201 Å². The van der Waals surface area contributed by atoms with Crippen molar-refractivity contribution in [3.8, 4) is 11.3 Å². The van der Waals surface area contributed by atoms with Gasteiger partial charge in [0, 0.05) is 30.5 Å². The lowest BCUT2D eigenvalue weighted by Crippen LogP contribution is -2.28. The molecule has 11 heteroatoms. The molecule has 0 saturated heterocycles. The summed E-state index contributed by atoms with van der Waals surface area (Å²) in [5.74, 6) is -2.36. The van der Waals surface area contributed by atoms with Crippen LogP contribution in [0.4, 0.5) is 22.0 Å². The number of benzene rings is 2. The average Bonchev–Trinajstić information content (AvgIpc) is 2.81. The van der Waals surface area contributed by atoms with Gasteiger partial charge in [-0.05, 0) is 54.4 Å². The average molecular weight is 512 g/mol. The van der Waals surface area contributed by atoms with E-state index < -0.39 is 46.3 Å². The standard InChI is InChI=1S/C24H22F5N3O2S/c1-14(16-3-4-17(20(26)11-16)13-31-35(2)34)23(33)30-12-18-7-10-21(24(27,28)29)32-22(18)15-5-8-19(25)9-6-15/h3-11,14,31H,12-13H2,1-2H3,(H,30,33). The third-order valence-corrected chi connectivity index (χ3v) is 5.83. The minimum Gasteiger partial charge on any atom is -0.351 e. The van der Waals surface area contributed by atoms with Gasteiger partial charge in [-0.2, -0.15) is 13.2 Å². The summed E-state index contributed by atoms with van der Waals surface area (Å²) < 4.78 is 81.0. The summed E-state index contributed by atoms with van der Waals surface area (Å²) in [6, 6.07) is 11.1. The maximum absolute atomic E-state index is 14.4. The van der Waals surface area contributed by atoms with E-state index in [-0.39, 0.29) is 29.9 Å². The quantitative estimate of drug-likeness (QED) is 0.425. The number of alkyl halides is 3. The van der Waals surface area contributed by atoms with Crippen molar-refractivity contribution in [1.29, 1.82) is 0 Å². The van der Waals surface area contributed by atoms with E-state index in [0.717, 1.165) is 18.2 Å². The van der Waals surface area contributed by atoms with Crippen LogP contribution in [0.15, 0.2) is 54.6 Å². The van der Waals surface area contributed by atoms with E-state index in [9.17, 15) is 31.0 Å². The Morgan fingerprint density at radius 3 is 2.26 bits per heavy atom. The van der Waals surface area contributed by atoms with E-state index in [0.29, 0.717) is 11.1 Å². The van der Waals surface area contributed by atoms with E-state index in [2.05, 4.69) is 15.0 Å². The van der Waals surface area contributed by atoms with Gasteiger partial charge in [-0.25, -0.2) is 22.7 Å². The van der Waals surface area contributed by atoms with Crippen molar-refractivity contribution in [2.75, 3.05) is 6.26 Å². The van der Waals surface area contributed by atoms with Gasteiger partial charge in [-0.15, -0.1) is 0 Å². The highest BCUT2D eigenvalue weighted by atomic mass is 32.2. The molecular weight excluding hydrogens is 489 g/mol. The number of halogens is 5. The van der Waals surface area contributed by atoms with Gasteiger partial charge >= 0.3 is 6.18 Å². The lowest BCUT2D eigenvalue weighted by Gasteiger charge is -2.16. The van der Waals surface area contributed by atoms with Crippen molar-refractivity contribution in [2.45, 2.75) is 32.1 Å². The second-order valence-corrected chi connectivity index (χ2v) is 8.97. The monoisotopic (exact) mass is 511 g/mol. The predicted molar refractivity (Wildman–Crippen MR) is 122 cm³/mol. The van der Waals surface area contributed by atoms with E-state index in [1.807, 2.05) is 0 Å². The molecule has 0 bridgehead atoms. The molecule has 0 saturated carbocycles. The van der Waals surface area contributed by atoms with E-state index in [4.69, 9.17) is 0 Å². The second-order valence-electron chi connectivity index (χ2n) is 7.77. The summed E-state index contributed by atoms with van der Waals surface area (Å²) in [7, 11) is -1.31. The second kappa shape index (κ2) is 11.0. The summed E-state index contributed by atoms with van der Waals surface area (Å²) >= 11 is 0. The van der Waals surface area contributed by atoms with Crippen LogP contribution in [-0.2, 0) is 35.0 Å². The van der Waals surface area contributed by atoms with Crippen LogP contribution in [0.5, 0.6) is 0 Å². The SMILES string of the molecule is CC(C(=O)NCc1ccc(C(F)(F)F)nc1-c1ccc(F)cc1)c1ccc(CNS(C)=O)c(F)c1. The number of rotatable bonds is 8. The van der Waals surface area contributed by atoms with Gasteiger partial charge in [0.1, 0.15) is 17.3 Å². The number of carbonyl (C=O) groups is 1. The molecule has 1 heterocycles. The predicted octanol–water partition coefficient (Wildman–Crippen LogP) is 4.85. The van der Waals surface area contributed by atoms with Crippen molar-refractivity contribution in [3.05, 3.63) is 88.6 Å². The van der Waals surface area contributed by atoms with Gasteiger partial charge in [0.25, 0.3) is 0 Å². The smallest absolute Gasteiger partial charge is 0.351 e. The molecule has 5 nitrogen and oxygen atoms in total. The molecule has 3 rings (SSSR count). The van der Waals surface area contributed by atoms with Crippen LogP contribution in [-0.4, -0.2) is 21.4 Å². The van der Waals surface area contributed by atoms with E-state index >= 15 is 0 Å². The highest BCUT2D eigenvalue weighted by Crippen LogP contribution is 2.31. The minimum atomic E-state index is -4.68. The number of nitrogens with zero attached hydrogens (tertiary/aromatic N) is 1. The van der Waals surface area contributed by atoms with Crippen LogP contribution in [0.1, 0.15) is 35.2 Å². The molecule has 0 radical (unpaired) electrons. The number of carbonyl (C=O) groups excluding carboxylic acids is 1. The van der Waals surface area contributed by atoms with Crippen LogP contribution >= 0.6 is 0 Å². The molecule has 2 aromatic carbocycles. The Hall–Kier alpha value is -3.18. The third-order valence-electron chi connectivity index (χ3n) is 5.28. The molecular formula is C24H22F5N3O2S. The van der Waals surface area contributed by atoms with E-state index in [1.165, 1.54) is 36.6 Å². The first-order chi connectivity index (χ1) is 16.5. The summed E-state index contributed by atoms with van der Waals surface area (Å²) in [5, 5.41) is 2.64. The molecule has 3 aromatic rings. The molecule has 1 aromatic heterocycles. The molecule has 1 amide bonds. The summed E-state index contributed by atoms with van der Waals surface area (Å²) in [6.07, 6.45) is -3.25. The van der Waals surface area contributed by atoms with E-state index in [1.54, 1.807) is 13.0 Å². The molecule has 0 spiro atoms. The Morgan fingerprint density at radius 2 is 1.66 bits per heavy atom. The van der Waals surface area contributed by atoms with Gasteiger partial charge in [-0.1, -0.05) is 18.2 Å². The topological polar surface area (TPSA) is 71.1 Å². The Balaban J connectivity index is 1.78. The van der Waals surface area contributed by atoms with Crippen LogP contribution in [0.2, 0.25) is 0 Å². The van der Waals surface area contributed by atoms with Gasteiger partial charge in [-0.3, -0.25) is 4.79 Å². The molecule has 0 aliphatic heterocycles. The summed E-state index contributed by atoms with van der Waals surface area (Å²) in [5.41, 5.74) is 0.0858. The number of nitrogens with one attached hydrogen (secondary N) is 2. The van der Waals surface area contributed by atoms with Crippen LogP contribution < -0.4 is 10.0 Å². The van der Waals surface area contributed by atoms with Crippen molar-refractivity contribution < 1.29 is 31.0 Å². The Kier molecular flexibility index (Phi) is 8.34. The first-order valence-electron chi connectivity index (χ1n) is 10.4. The number of hydrogen-bond acceptors (Lipinski definition) is 3. The zero-order valence-corrected chi connectivity index (χ0v) is 19.6. The molecule has 35 heavy (non-hydrogen) atoms. The molecule has 2 atom stereocenters. The first-order valence-corrected chi connectivity index (χ1v) is 12.0. The molecule has 0 fully saturated rings. The number of pyridine rings is 1. The van der Waals surface area contributed by atoms with Gasteiger partial charge < -0.3 is 5.32 Å². The fourth-order valence-electron chi connectivity index (χ4n) is 3.29. The maximum atomic E-state index is 14.4. The van der Waals surface area contributed by atoms with Gasteiger partial charge in [0.15, 0.2) is 0 Å². The number of aromatic nitrogens is 1. The Bertz CT molecular complexity index is 1230. The first kappa shape index (κ1) is 26.4.